The van der Waals surface area contributed by atoms with Gasteiger partial charge in [0.2, 0.25) is 11.1 Å². The fourth-order valence-electron chi connectivity index (χ4n) is 8.56. The van der Waals surface area contributed by atoms with Crippen LogP contribution in [0, 0.1) is 0 Å². The van der Waals surface area contributed by atoms with Gasteiger partial charge in [0.05, 0.1) is 40.1 Å². The Hall–Kier alpha value is -5.10. The van der Waals surface area contributed by atoms with E-state index in [0.29, 0.717) is 34.2 Å². The van der Waals surface area contributed by atoms with Crippen molar-refractivity contribution in [3.05, 3.63) is 148 Å². The molecule has 9 rings (SSSR count). The highest BCUT2D eigenvalue weighted by Crippen LogP contribution is 2.61. The van der Waals surface area contributed by atoms with Crippen molar-refractivity contribution in [3.63, 3.8) is 0 Å². The molecule has 15 nitrogen and oxygen atoms in total. The van der Waals surface area contributed by atoms with Gasteiger partial charge in [-0.3, -0.25) is 23.8 Å². The number of hydrogen-bond donors (Lipinski definition) is 1. The SMILES string of the molecule is COc1ccc(C(OC[C@@]23COC([C@H](n4cnc5c(=O)[nH]c(N=CN(C)C)nc54)O2)[C@H]3OP(SCCSC(=O)c2ccccc2)N2CCCC2)(c2ccccc2)c2ccc(OC)cc2)cc1. The number of H-pyrrole nitrogens is 1. The molecule has 2 aromatic heterocycles. The van der Waals surface area contributed by atoms with Gasteiger partial charge in [0.15, 0.2) is 24.9 Å². The number of aromatic nitrogens is 4. The summed E-state index contributed by atoms with van der Waals surface area (Å²) in [6.07, 6.45) is 3.18. The number of fused-ring (bicyclic) bond motifs is 3. The number of thioether (sulfide) groups is 1. The van der Waals surface area contributed by atoms with E-state index < -0.39 is 42.7 Å². The molecule has 2 bridgehead atoms. The molecule has 344 valence electrons. The summed E-state index contributed by atoms with van der Waals surface area (Å²) < 4.78 is 44.4. The molecule has 3 saturated heterocycles. The summed E-state index contributed by atoms with van der Waals surface area (Å²) in [5.41, 5.74) is 1.01. The first-order chi connectivity index (χ1) is 32.2. The normalized spacial score (nSPS) is 21.2. The van der Waals surface area contributed by atoms with Crippen molar-refractivity contribution >= 4 is 59.2 Å². The summed E-state index contributed by atoms with van der Waals surface area (Å²) >= 11 is 3.05. The maximum Gasteiger partial charge on any atom is 0.280 e. The number of ether oxygens (including phenoxy) is 5. The number of carbonyl (C=O) groups excluding carboxylic acids is 1. The van der Waals surface area contributed by atoms with Gasteiger partial charge < -0.3 is 33.1 Å². The second-order valence-corrected chi connectivity index (χ2v) is 21.0. The van der Waals surface area contributed by atoms with E-state index in [0.717, 1.165) is 42.6 Å². The topological polar surface area (TPSA) is 155 Å². The second kappa shape index (κ2) is 20.4. The number of imidazole rings is 1. The number of hydrogen-bond acceptors (Lipinski definition) is 14. The van der Waals surface area contributed by atoms with E-state index in [4.69, 9.17) is 33.2 Å². The average Bonchev–Trinajstić information content (AvgIpc) is 4.17. The first-order valence-corrected chi connectivity index (χ1v) is 25.5. The molecule has 3 aliphatic heterocycles. The Balaban J connectivity index is 1.10. The summed E-state index contributed by atoms with van der Waals surface area (Å²) in [4.78, 5) is 44.5. The van der Waals surface area contributed by atoms with Gasteiger partial charge in [0.25, 0.3) is 5.56 Å². The van der Waals surface area contributed by atoms with E-state index in [1.165, 1.54) is 11.8 Å². The van der Waals surface area contributed by atoms with Crippen LogP contribution in [0.5, 0.6) is 11.5 Å². The van der Waals surface area contributed by atoms with Gasteiger partial charge in [-0.05, 0) is 53.8 Å². The smallest absolute Gasteiger partial charge is 0.280 e. The molecule has 1 N–H and O–H groups in total. The van der Waals surface area contributed by atoms with Crippen molar-refractivity contribution < 1.29 is 33.0 Å². The number of nitrogens with zero attached hydrogens (tertiary/aromatic N) is 6. The fourth-order valence-corrected chi connectivity index (χ4v) is 13.9. The van der Waals surface area contributed by atoms with Gasteiger partial charge in [0, 0.05) is 44.3 Å². The molecule has 6 aromatic rings. The standard InChI is InChI=1S/C48H52N7O8PS2/c1-53(2)31-50-46-51-42-39(43(56)52-46)49-32-55(42)44-40-41(63-64(54-25-11-12-26-54)66-28-27-65-45(57)33-13-7-5-8-14-33)47(62-44,29-60-40)30-61-48(34-15-9-6-10-16-34,35-17-21-37(58-3)22-18-35)36-19-23-38(59-4)24-20-36/h5-10,13-24,31-32,40-41,44H,11-12,25-30H2,1-4H3,(H,51,52,56)/t40?,41-,44-,47-,64?/m1/s1. The lowest BCUT2D eigenvalue weighted by Crippen LogP contribution is -2.49. The predicted molar refractivity (Wildman–Crippen MR) is 259 cm³/mol. The van der Waals surface area contributed by atoms with Crippen LogP contribution < -0.4 is 15.0 Å². The molecule has 4 aromatic carbocycles. The largest absolute Gasteiger partial charge is 0.497 e. The second-order valence-electron chi connectivity index (χ2n) is 16.3. The molecule has 66 heavy (non-hydrogen) atoms. The van der Waals surface area contributed by atoms with Gasteiger partial charge in [-0.2, -0.15) is 4.98 Å². The third kappa shape index (κ3) is 9.40. The zero-order valence-corrected chi connectivity index (χ0v) is 39.7. The average molecular weight is 950 g/mol. The van der Waals surface area contributed by atoms with E-state index in [1.807, 2.05) is 111 Å². The van der Waals surface area contributed by atoms with Crippen molar-refractivity contribution in [2.75, 3.05) is 66.1 Å². The molecule has 0 aliphatic carbocycles. The zero-order chi connectivity index (χ0) is 45.7. The maximum absolute atomic E-state index is 13.4. The van der Waals surface area contributed by atoms with Crippen LogP contribution in [0.2, 0.25) is 0 Å². The molecule has 5 atom stereocenters. The molecule has 2 unspecified atom stereocenters. The Bertz CT molecular complexity index is 2620. The van der Waals surface area contributed by atoms with E-state index in [1.54, 1.807) is 47.7 Å². The summed E-state index contributed by atoms with van der Waals surface area (Å²) in [6.45, 7) is 1.99. The van der Waals surface area contributed by atoms with Crippen LogP contribution in [0.15, 0.2) is 125 Å². The number of carbonyl (C=O) groups is 1. The highest BCUT2D eigenvalue weighted by molar-refractivity contribution is 8.53. The maximum atomic E-state index is 13.4. The number of rotatable bonds is 19. The van der Waals surface area contributed by atoms with Crippen LogP contribution in [0.25, 0.3) is 11.2 Å². The highest BCUT2D eigenvalue weighted by Gasteiger charge is 2.65. The van der Waals surface area contributed by atoms with Crippen LogP contribution in [-0.4, -0.2) is 124 Å². The first-order valence-electron chi connectivity index (χ1n) is 21.7. The van der Waals surface area contributed by atoms with Gasteiger partial charge in [-0.15, -0.1) is 0 Å². The number of benzene rings is 4. The molecular formula is C48H52N7O8PS2. The Morgan fingerprint density at radius 2 is 1.56 bits per heavy atom. The molecule has 0 radical (unpaired) electrons. The van der Waals surface area contributed by atoms with Crippen molar-refractivity contribution in [2.45, 2.75) is 42.5 Å². The van der Waals surface area contributed by atoms with Crippen LogP contribution in [0.1, 0.15) is 46.1 Å². The van der Waals surface area contributed by atoms with E-state index in [-0.39, 0.29) is 29.8 Å². The van der Waals surface area contributed by atoms with Gasteiger partial charge in [-0.1, -0.05) is 108 Å². The lowest BCUT2D eigenvalue weighted by atomic mass is 9.79. The van der Waals surface area contributed by atoms with Gasteiger partial charge >= 0.3 is 0 Å². The zero-order valence-electron chi connectivity index (χ0n) is 37.1. The lowest BCUT2D eigenvalue weighted by Gasteiger charge is -2.40. The quantitative estimate of drug-likeness (QED) is 0.0274. The number of methoxy groups -OCH3 is 2. The minimum Gasteiger partial charge on any atom is -0.497 e. The number of aliphatic imine (C=N–C) groups is 1. The summed E-state index contributed by atoms with van der Waals surface area (Å²) in [5.74, 6) is 2.86. The van der Waals surface area contributed by atoms with Crippen molar-refractivity contribution in [1.82, 2.24) is 29.1 Å². The predicted octanol–water partition coefficient (Wildman–Crippen LogP) is 8.05. The highest BCUT2D eigenvalue weighted by atomic mass is 32.7. The van der Waals surface area contributed by atoms with Crippen LogP contribution in [-0.2, 0) is 24.3 Å². The Kier molecular flexibility index (Phi) is 14.2. The molecule has 0 saturated carbocycles. The van der Waals surface area contributed by atoms with Crippen LogP contribution >= 0.6 is 30.6 Å². The number of nitrogens with one attached hydrogen (secondary N) is 1. The summed E-state index contributed by atoms with van der Waals surface area (Å²) in [7, 11) is 5.71. The Morgan fingerprint density at radius 1 is 0.924 bits per heavy atom. The fraction of sp³-hybridized carbons (Fsp3) is 0.354. The lowest BCUT2D eigenvalue weighted by molar-refractivity contribution is -0.201. The van der Waals surface area contributed by atoms with E-state index >= 15 is 0 Å². The minimum absolute atomic E-state index is 0.0336. The van der Waals surface area contributed by atoms with E-state index in [9.17, 15) is 9.59 Å². The summed E-state index contributed by atoms with van der Waals surface area (Å²) in [6, 6.07) is 35.3. The van der Waals surface area contributed by atoms with E-state index in [2.05, 4.69) is 31.8 Å². The Morgan fingerprint density at radius 3 is 2.20 bits per heavy atom. The first kappa shape index (κ1) is 46.0. The minimum atomic E-state index is -1.25. The van der Waals surface area contributed by atoms with Crippen LogP contribution in [0.3, 0.4) is 0 Å². The third-order valence-corrected chi connectivity index (χ3v) is 17.0. The molecule has 0 amide bonds. The van der Waals surface area contributed by atoms with Gasteiger partial charge in [0.1, 0.15) is 34.9 Å². The molecule has 0 spiro atoms. The van der Waals surface area contributed by atoms with Crippen molar-refractivity contribution in [2.24, 2.45) is 4.99 Å². The third-order valence-electron chi connectivity index (χ3n) is 11.8. The number of aromatic amines is 1. The molecule has 18 heteroatoms. The Labute approximate surface area is 392 Å². The molecule has 5 heterocycles. The van der Waals surface area contributed by atoms with Crippen molar-refractivity contribution in [3.8, 4) is 11.5 Å². The molecule has 3 fully saturated rings. The molecule has 3 aliphatic rings. The molecular weight excluding hydrogens is 898 g/mol. The van der Waals surface area contributed by atoms with Crippen LogP contribution in [0.4, 0.5) is 5.95 Å². The van der Waals surface area contributed by atoms with Gasteiger partial charge in [-0.25, -0.2) is 9.98 Å². The summed E-state index contributed by atoms with van der Waals surface area (Å²) in [5, 5.41) is 0.0448. The monoisotopic (exact) mass is 949 g/mol. The van der Waals surface area contributed by atoms with Crippen molar-refractivity contribution in [1.29, 1.82) is 0 Å².